The molecule has 0 radical (unpaired) electrons. The molecule has 0 saturated heterocycles. The molecule has 0 aliphatic carbocycles. The molecule has 0 unspecified atom stereocenters. The summed E-state index contributed by atoms with van der Waals surface area (Å²) in [6.07, 6.45) is 3.82. The number of halogens is 1. The largest absolute Gasteiger partial charge is 0.468 e. The van der Waals surface area contributed by atoms with Crippen molar-refractivity contribution in [1.82, 2.24) is 9.91 Å². The van der Waals surface area contributed by atoms with E-state index in [0.717, 1.165) is 22.8 Å². The Balaban J connectivity index is 1.53. The van der Waals surface area contributed by atoms with E-state index in [4.69, 9.17) is 20.4 Å². The minimum Gasteiger partial charge on any atom is -0.468 e. The lowest BCUT2D eigenvalue weighted by Crippen LogP contribution is -2.36. The molecular formula is C21H20ClN3O3. The average molecular weight is 398 g/mol. The second kappa shape index (κ2) is 8.04. The van der Waals surface area contributed by atoms with E-state index in [1.807, 2.05) is 60.5 Å². The Morgan fingerprint density at radius 1 is 1.18 bits per heavy atom. The molecule has 0 bridgehead atoms. The lowest BCUT2D eigenvalue weighted by molar-refractivity contribution is -0.134. The molecule has 0 fully saturated rings. The van der Waals surface area contributed by atoms with Gasteiger partial charge in [-0.15, -0.1) is 0 Å². The third-order valence-electron chi connectivity index (χ3n) is 4.63. The van der Waals surface area contributed by atoms with Crippen molar-refractivity contribution < 1.29 is 13.6 Å². The summed E-state index contributed by atoms with van der Waals surface area (Å²) in [6.45, 7) is 0.765. The molecule has 1 aromatic carbocycles. The van der Waals surface area contributed by atoms with Gasteiger partial charge in [0, 0.05) is 11.4 Å². The van der Waals surface area contributed by atoms with Gasteiger partial charge in [-0.1, -0.05) is 23.7 Å². The molecule has 1 amide bonds. The fraction of sp³-hybridized carbons (Fsp3) is 0.238. The number of carbonyl (C=O) groups is 1. The molecular weight excluding hydrogens is 378 g/mol. The van der Waals surface area contributed by atoms with E-state index in [1.54, 1.807) is 12.5 Å². The highest BCUT2D eigenvalue weighted by atomic mass is 35.5. The van der Waals surface area contributed by atoms with Gasteiger partial charge in [-0.25, -0.2) is 5.01 Å². The molecule has 0 saturated carbocycles. The van der Waals surface area contributed by atoms with Crippen LogP contribution in [0.1, 0.15) is 29.5 Å². The molecule has 1 aliphatic rings. The van der Waals surface area contributed by atoms with E-state index in [-0.39, 0.29) is 18.5 Å². The topological polar surface area (TPSA) is 62.2 Å². The zero-order valence-electron chi connectivity index (χ0n) is 15.4. The maximum Gasteiger partial charge on any atom is 0.257 e. The van der Waals surface area contributed by atoms with Crippen molar-refractivity contribution in [2.24, 2.45) is 5.10 Å². The summed E-state index contributed by atoms with van der Waals surface area (Å²) in [4.78, 5) is 14.9. The molecule has 3 heterocycles. The van der Waals surface area contributed by atoms with Crippen molar-refractivity contribution in [3.63, 3.8) is 0 Å². The molecule has 0 N–H and O–H groups in total. The van der Waals surface area contributed by atoms with E-state index < -0.39 is 0 Å². The van der Waals surface area contributed by atoms with Crippen LogP contribution in [-0.2, 0) is 11.3 Å². The van der Waals surface area contributed by atoms with Crippen LogP contribution in [0.5, 0.6) is 0 Å². The third kappa shape index (κ3) is 4.03. The first-order chi connectivity index (χ1) is 13.6. The standard InChI is InChI=1S/C21H20ClN3O3/c1-24(13-17-4-2-10-27-17)14-21(26)25-19(20-5-3-11-28-20)12-18(23-25)15-6-8-16(22)9-7-15/h2-11,19H,12-14H2,1H3/t19-/m0/s1. The lowest BCUT2D eigenvalue weighted by Gasteiger charge is -2.22. The zero-order valence-corrected chi connectivity index (χ0v) is 16.2. The van der Waals surface area contributed by atoms with Crippen molar-refractivity contribution in [2.45, 2.75) is 19.0 Å². The molecule has 28 heavy (non-hydrogen) atoms. The molecule has 144 valence electrons. The second-order valence-electron chi connectivity index (χ2n) is 6.78. The van der Waals surface area contributed by atoms with Crippen LogP contribution in [0.4, 0.5) is 0 Å². The summed E-state index contributed by atoms with van der Waals surface area (Å²) < 4.78 is 10.9. The summed E-state index contributed by atoms with van der Waals surface area (Å²) in [6, 6.07) is 14.6. The quantitative estimate of drug-likeness (QED) is 0.620. The van der Waals surface area contributed by atoms with Crippen LogP contribution in [0.15, 0.2) is 75.0 Å². The van der Waals surface area contributed by atoms with Crippen molar-refractivity contribution >= 4 is 23.2 Å². The molecule has 6 nitrogen and oxygen atoms in total. The Kier molecular flexibility index (Phi) is 5.32. The number of furan rings is 2. The van der Waals surface area contributed by atoms with E-state index in [0.29, 0.717) is 18.0 Å². The highest BCUT2D eigenvalue weighted by Crippen LogP contribution is 2.33. The first-order valence-corrected chi connectivity index (χ1v) is 9.38. The average Bonchev–Trinajstić information content (AvgIpc) is 3.43. The number of hydrogen-bond donors (Lipinski definition) is 0. The Morgan fingerprint density at radius 3 is 2.61 bits per heavy atom. The zero-order chi connectivity index (χ0) is 19.5. The first kappa shape index (κ1) is 18.5. The molecule has 7 heteroatoms. The van der Waals surface area contributed by atoms with E-state index in [1.165, 1.54) is 5.01 Å². The van der Waals surface area contributed by atoms with E-state index >= 15 is 0 Å². The van der Waals surface area contributed by atoms with Gasteiger partial charge in [0.25, 0.3) is 5.91 Å². The van der Waals surface area contributed by atoms with Gasteiger partial charge in [0.2, 0.25) is 0 Å². The van der Waals surface area contributed by atoms with E-state index in [9.17, 15) is 4.79 Å². The molecule has 4 rings (SSSR count). The smallest absolute Gasteiger partial charge is 0.257 e. The SMILES string of the molecule is CN(CC(=O)N1N=C(c2ccc(Cl)cc2)C[C@H]1c1ccco1)Cc1ccco1. The maximum atomic E-state index is 13.0. The number of rotatable bonds is 6. The van der Waals surface area contributed by atoms with Crippen molar-refractivity contribution in [1.29, 1.82) is 0 Å². The van der Waals surface area contributed by atoms with Gasteiger partial charge in [0.15, 0.2) is 0 Å². The number of carbonyl (C=O) groups excluding carboxylic acids is 1. The fourth-order valence-corrected chi connectivity index (χ4v) is 3.41. The predicted octanol–water partition coefficient (Wildman–Crippen LogP) is 4.34. The lowest BCUT2D eigenvalue weighted by atomic mass is 10.0. The van der Waals surface area contributed by atoms with Gasteiger partial charge in [0.05, 0.1) is 31.3 Å². The Morgan fingerprint density at radius 2 is 1.93 bits per heavy atom. The van der Waals surface area contributed by atoms with Crippen molar-refractivity contribution in [2.75, 3.05) is 13.6 Å². The highest BCUT2D eigenvalue weighted by Gasteiger charge is 2.35. The van der Waals surface area contributed by atoms with Gasteiger partial charge < -0.3 is 8.83 Å². The van der Waals surface area contributed by atoms with Crippen LogP contribution >= 0.6 is 11.6 Å². The second-order valence-corrected chi connectivity index (χ2v) is 7.22. The normalized spacial score (nSPS) is 16.6. The number of benzene rings is 1. The fourth-order valence-electron chi connectivity index (χ4n) is 3.29. The third-order valence-corrected chi connectivity index (χ3v) is 4.88. The highest BCUT2D eigenvalue weighted by molar-refractivity contribution is 6.30. The van der Waals surface area contributed by atoms with Crippen LogP contribution < -0.4 is 0 Å². The van der Waals surface area contributed by atoms with Crippen molar-refractivity contribution in [3.8, 4) is 0 Å². The maximum absolute atomic E-state index is 13.0. The van der Waals surface area contributed by atoms with Crippen LogP contribution in [0.3, 0.4) is 0 Å². The number of nitrogens with zero attached hydrogens (tertiary/aromatic N) is 3. The minimum atomic E-state index is -0.259. The summed E-state index contributed by atoms with van der Waals surface area (Å²) in [5, 5.41) is 6.82. The van der Waals surface area contributed by atoms with E-state index in [2.05, 4.69) is 5.10 Å². The number of hydrazone groups is 1. The molecule has 0 spiro atoms. The van der Waals surface area contributed by atoms with Crippen LogP contribution in [0.25, 0.3) is 0 Å². The summed E-state index contributed by atoms with van der Waals surface area (Å²) >= 11 is 5.99. The predicted molar refractivity (Wildman–Crippen MR) is 106 cm³/mol. The number of amides is 1. The summed E-state index contributed by atoms with van der Waals surface area (Å²) in [7, 11) is 1.88. The van der Waals surface area contributed by atoms with Gasteiger partial charge >= 0.3 is 0 Å². The molecule has 2 aromatic heterocycles. The molecule has 1 aliphatic heterocycles. The Hall–Kier alpha value is -2.83. The summed E-state index contributed by atoms with van der Waals surface area (Å²) in [5.41, 5.74) is 1.78. The van der Waals surface area contributed by atoms with Crippen molar-refractivity contribution in [3.05, 3.63) is 83.2 Å². The minimum absolute atomic E-state index is 0.0978. The molecule has 1 atom stereocenters. The number of likely N-dealkylation sites (N-methyl/N-ethyl adjacent to an activating group) is 1. The Bertz CT molecular complexity index is 949. The van der Waals surface area contributed by atoms with Gasteiger partial charge in [-0.3, -0.25) is 9.69 Å². The van der Waals surface area contributed by atoms with Crippen LogP contribution in [0, 0.1) is 0 Å². The van der Waals surface area contributed by atoms with Crippen LogP contribution in [-0.4, -0.2) is 35.1 Å². The van der Waals surface area contributed by atoms with Crippen LogP contribution in [0.2, 0.25) is 5.02 Å². The van der Waals surface area contributed by atoms with Gasteiger partial charge in [0.1, 0.15) is 17.6 Å². The summed E-state index contributed by atoms with van der Waals surface area (Å²) in [5.74, 6) is 1.43. The monoisotopic (exact) mass is 397 g/mol. The first-order valence-electron chi connectivity index (χ1n) is 9.00. The van der Waals surface area contributed by atoms with Gasteiger partial charge in [-0.05, 0) is 49.0 Å². The van der Waals surface area contributed by atoms with Gasteiger partial charge in [-0.2, -0.15) is 5.10 Å². The Labute approximate surface area is 168 Å². The molecule has 3 aromatic rings. The number of hydrogen-bond acceptors (Lipinski definition) is 5.